The molecule has 0 atom stereocenters. The van der Waals surface area contributed by atoms with Crippen LogP contribution in [-0.4, -0.2) is 17.1 Å². The van der Waals surface area contributed by atoms with E-state index in [1.54, 1.807) is 30.3 Å². The number of nitrogens with zero attached hydrogens (tertiary/aromatic N) is 3. The van der Waals surface area contributed by atoms with E-state index in [4.69, 9.17) is 11.6 Å². The summed E-state index contributed by atoms with van der Waals surface area (Å²) in [6.07, 6.45) is 1.49. The highest BCUT2D eigenvalue weighted by Gasteiger charge is 2.15. The number of thiazole rings is 1. The van der Waals surface area contributed by atoms with Crippen molar-refractivity contribution in [1.29, 1.82) is 0 Å². The molecule has 1 aromatic heterocycles. The molecule has 116 valence electrons. The topological polar surface area (TPSA) is 45.6 Å². The number of anilines is 1. The molecule has 1 heterocycles. The van der Waals surface area contributed by atoms with Crippen molar-refractivity contribution in [3.05, 3.63) is 58.9 Å². The number of amides is 1. The number of benzene rings is 2. The van der Waals surface area contributed by atoms with Crippen molar-refractivity contribution in [3.63, 3.8) is 0 Å². The Labute approximate surface area is 140 Å². The Balaban J connectivity index is 1.93. The first-order valence-corrected chi connectivity index (χ1v) is 7.89. The van der Waals surface area contributed by atoms with Gasteiger partial charge in [-0.3, -0.25) is 4.79 Å². The smallest absolute Gasteiger partial charge is 0.246 e. The fourth-order valence-corrected chi connectivity index (χ4v) is 3.16. The highest BCUT2D eigenvalue weighted by molar-refractivity contribution is 7.22. The number of hydrazone groups is 1. The molecule has 2 aromatic carbocycles. The van der Waals surface area contributed by atoms with E-state index in [0.717, 1.165) is 10.2 Å². The molecule has 7 heteroatoms. The summed E-state index contributed by atoms with van der Waals surface area (Å²) in [6.45, 7) is 1.40. The van der Waals surface area contributed by atoms with E-state index in [0.29, 0.717) is 15.7 Å². The third-order valence-corrected chi connectivity index (χ3v) is 4.24. The van der Waals surface area contributed by atoms with Gasteiger partial charge in [-0.15, -0.1) is 0 Å². The summed E-state index contributed by atoms with van der Waals surface area (Å²) in [5.74, 6) is -0.595. The summed E-state index contributed by atoms with van der Waals surface area (Å²) in [4.78, 5) is 16.2. The Kier molecular flexibility index (Phi) is 4.36. The molecule has 1 amide bonds. The van der Waals surface area contributed by atoms with Gasteiger partial charge in [0.2, 0.25) is 11.0 Å². The van der Waals surface area contributed by atoms with Crippen molar-refractivity contribution < 1.29 is 9.18 Å². The van der Waals surface area contributed by atoms with E-state index < -0.39 is 0 Å². The number of carbonyl (C=O) groups is 1. The Morgan fingerprint density at radius 3 is 2.74 bits per heavy atom. The summed E-state index contributed by atoms with van der Waals surface area (Å²) in [5, 5.41) is 6.43. The van der Waals surface area contributed by atoms with Gasteiger partial charge in [-0.2, -0.15) is 10.1 Å². The summed E-state index contributed by atoms with van der Waals surface area (Å²) in [7, 11) is 0. The fraction of sp³-hybridized carbons (Fsp3) is 0.0625. The van der Waals surface area contributed by atoms with Crippen LogP contribution in [0.4, 0.5) is 9.52 Å². The minimum absolute atomic E-state index is 0.270. The average Bonchev–Trinajstić information content (AvgIpc) is 2.91. The minimum Gasteiger partial charge on any atom is -0.273 e. The standard InChI is InChI=1S/C16H11ClFN3OS/c1-10(22)21(19-9-11-2-5-13(18)6-3-11)16-20-14-7-4-12(17)8-15(14)23-16/h2-9H,1H3. The van der Waals surface area contributed by atoms with E-state index in [1.807, 2.05) is 0 Å². The second-order valence-corrected chi connectivity index (χ2v) is 6.18. The predicted molar refractivity (Wildman–Crippen MR) is 91.8 cm³/mol. The monoisotopic (exact) mass is 347 g/mol. The van der Waals surface area contributed by atoms with Gasteiger partial charge in [0.05, 0.1) is 16.4 Å². The third kappa shape index (κ3) is 3.55. The van der Waals surface area contributed by atoms with Gasteiger partial charge in [-0.05, 0) is 35.9 Å². The molecule has 4 nitrogen and oxygen atoms in total. The molecule has 0 fully saturated rings. The lowest BCUT2D eigenvalue weighted by Crippen LogP contribution is -2.22. The molecule has 0 aliphatic rings. The Bertz CT molecular complexity index is 892. The maximum atomic E-state index is 12.9. The molecule has 3 aromatic rings. The van der Waals surface area contributed by atoms with Crippen LogP contribution in [0.5, 0.6) is 0 Å². The van der Waals surface area contributed by atoms with Gasteiger partial charge in [0.1, 0.15) is 5.82 Å². The molecule has 0 N–H and O–H groups in total. The van der Waals surface area contributed by atoms with Gasteiger partial charge < -0.3 is 0 Å². The number of hydrogen-bond donors (Lipinski definition) is 0. The molecule has 0 unspecified atom stereocenters. The molecule has 0 saturated heterocycles. The van der Waals surface area contributed by atoms with Crippen LogP contribution in [0.2, 0.25) is 5.02 Å². The molecular weight excluding hydrogens is 337 g/mol. The van der Waals surface area contributed by atoms with E-state index >= 15 is 0 Å². The van der Waals surface area contributed by atoms with Gasteiger partial charge in [0.25, 0.3) is 0 Å². The van der Waals surface area contributed by atoms with Gasteiger partial charge in [-0.25, -0.2) is 9.37 Å². The van der Waals surface area contributed by atoms with Crippen molar-refractivity contribution >= 4 is 50.4 Å². The van der Waals surface area contributed by atoms with Crippen LogP contribution in [0.1, 0.15) is 12.5 Å². The van der Waals surface area contributed by atoms with Crippen LogP contribution in [0.25, 0.3) is 10.2 Å². The molecular formula is C16H11ClFN3OS. The first-order valence-electron chi connectivity index (χ1n) is 6.69. The van der Waals surface area contributed by atoms with E-state index in [9.17, 15) is 9.18 Å². The SMILES string of the molecule is CC(=O)N(N=Cc1ccc(F)cc1)c1nc2ccc(Cl)cc2s1. The van der Waals surface area contributed by atoms with Crippen LogP contribution < -0.4 is 5.01 Å². The van der Waals surface area contributed by atoms with Gasteiger partial charge in [0, 0.05) is 11.9 Å². The third-order valence-electron chi connectivity index (χ3n) is 3.01. The van der Waals surface area contributed by atoms with Gasteiger partial charge in [-0.1, -0.05) is 35.1 Å². The molecule has 0 aliphatic heterocycles. The number of aromatic nitrogens is 1. The lowest BCUT2D eigenvalue weighted by Gasteiger charge is -2.10. The Morgan fingerprint density at radius 2 is 2.04 bits per heavy atom. The van der Waals surface area contributed by atoms with Crippen LogP contribution in [0.15, 0.2) is 47.6 Å². The highest BCUT2D eigenvalue weighted by Crippen LogP contribution is 2.31. The zero-order valence-electron chi connectivity index (χ0n) is 12.0. The van der Waals surface area contributed by atoms with Crippen molar-refractivity contribution in [1.82, 2.24) is 4.98 Å². The van der Waals surface area contributed by atoms with Crippen LogP contribution in [0.3, 0.4) is 0 Å². The van der Waals surface area contributed by atoms with Crippen molar-refractivity contribution in [3.8, 4) is 0 Å². The van der Waals surface area contributed by atoms with Crippen LogP contribution in [0, 0.1) is 5.82 Å². The maximum absolute atomic E-state index is 12.9. The molecule has 0 aliphatic carbocycles. The molecule has 0 saturated carbocycles. The molecule has 0 bridgehead atoms. The first kappa shape index (κ1) is 15.6. The average molecular weight is 348 g/mol. The van der Waals surface area contributed by atoms with E-state index in [2.05, 4.69) is 10.1 Å². The summed E-state index contributed by atoms with van der Waals surface area (Å²) in [5.41, 5.74) is 1.43. The number of hydrogen-bond acceptors (Lipinski definition) is 4. The lowest BCUT2D eigenvalue weighted by molar-refractivity contribution is -0.116. The van der Waals surface area contributed by atoms with E-state index in [1.165, 1.54) is 41.6 Å². The van der Waals surface area contributed by atoms with Crippen molar-refractivity contribution in [2.75, 3.05) is 5.01 Å². The molecule has 0 spiro atoms. The summed E-state index contributed by atoms with van der Waals surface area (Å²) >= 11 is 7.28. The summed E-state index contributed by atoms with van der Waals surface area (Å²) < 4.78 is 13.8. The largest absolute Gasteiger partial charge is 0.273 e. The van der Waals surface area contributed by atoms with Gasteiger partial charge >= 0.3 is 0 Å². The molecule has 23 heavy (non-hydrogen) atoms. The second kappa shape index (κ2) is 6.44. The number of rotatable bonds is 3. The van der Waals surface area contributed by atoms with Crippen molar-refractivity contribution in [2.24, 2.45) is 5.10 Å². The van der Waals surface area contributed by atoms with Crippen LogP contribution in [-0.2, 0) is 4.79 Å². The zero-order valence-corrected chi connectivity index (χ0v) is 13.6. The number of halogens is 2. The Hall–Kier alpha value is -2.31. The highest BCUT2D eigenvalue weighted by atomic mass is 35.5. The molecule has 0 radical (unpaired) electrons. The number of carbonyl (C=O) groups excluding carboxylic acids is 1. The second-order valence-electron chi connectivity index (χ2n) is 4.74. The number of fused-ring (bicyclic) bond motifs is 1. The van der Waals surface area contributed by atoms with E-state index in [-0.39, 0.29) is 11.7 Å². The van der Waals surface area contributed by atoms with Gasteiger partial charge in [0.15, 0.2) is 0 Å². The Morgan fingerprint density at radius 1 is 1.30 bits per heavy atom. The molecule has 3 rings (SSSR count). The van der Waals surface area contributed by atoms with Crippen molar-refractivity contribution in [2.45, 2.75) is 6.92 Å². The predicted octanol–water partition coefficient (Wildman–Crippen LogP) is 4.48. The maximum Gasteiger partial charge on any atom is 0.246 e. The first-order chi connectivity index (χ1) is 11.0. The fourth-order valence-electron chi connectivity index (χ4n) is 1.92. The zero-order chi connectivity index (χ0) is 16.4. The lowest BCUT2D eigenvalue weighted by atomic mass is 10.2. The quantitative estimate of drug-likeness (QED) is 0.518. The summed E-state index contributed by atoms with van der Waals surface area (Å²) in [6, 6.07) is 11.1. The normalized spacial score (nSPS) is 11.3. The van der Waals surface area contributed by atoms with Crippen LogP contribution >= 0.6 is 22.9 Å². The minimum atomic E-state index is -0.325.